The molecule has 0 saturated carbocycles. The number of benzene rings is 1. The van der Waals surface area contributed by atoms with Gasteiger partial charge in [0.05, 0.1) is 0 Å². The molecule has 5 N–H and O–H groups in total. The summed E-state index contributed by atoms with van der Waals surface area (Å²) in [6.45, 7) is 14.9. The Bertz CT molecular complexity index is 954. The van der Waals surface area contributed by atoms with Crippen LogP contribution in [-0.4, -0.2) is 61.4 Å². The fourth-order valence-electron chi connectivity index (χ4n) is 5.40. The van der Waals surface area contributed by atoms with Gasteiger partial charge in [0.15, 0.2) is 0 Å². The number of hydrogen-bond acceptors (Lipinski definition) is 5. The molecule has 1 saturated heterocycles. The Kier molecular flexibility index (Phi) is 16.8. The van der Waals surface area contributed by atoms with Crippen LogP contribution in [0.3, 0.4) is 0 Å². The first-order valence-corrected chi connectivity index (χ1v) is 15.5. The molecule has 0 radical (unpaired) electrons. The van der Waals surface area contributed by atoms with Crippen molar-refractivity contribution < 1.29 is 0 Å². The van der Waals surface area contributed by atoms with E-state index in [0.717, 1.165) is 83.6 Å². The van der Waals surface area contributed by atoms with E-state index < -0.39 is 0 Å². The molecule has 0 aromatic heterocycles. The molecular formula is C34H56N6. The molecule has 1 aromatic carbocycles. The molecule has 6 heteroatoms. The Labute approximate surface area is 245 Å². The Morgan fingerprint density at radius 2 is 1.65 bits per heavy atom. The van der Waals surface area contributed by atoms with Crippen molar-refractivity contribution in [2.75, 3.05) is 45.8 Å². The third-order valence-corrected chi connectivity index (χ3v) is 7.62. The van der Waals surface area contributed by atoms with E-state index in [2.05, 4.69) is 83.4 Å². The molecule has 1 aliphatic heterocycles. The van der Waals surface area contributed by atoms with Crippen molar-refractivity contribution in [1.82, 2.24) is 15.1 Å². The lowest BCUT2D eigenvalue weighted by atomic mass is 9.92. The average molecular weight is 549 g/mol. The van der Waals surface area contributed by atoms with Gasteiger partial charge in [-0.25, -0.2) is 4.99 Å². The quantitative estimate of drug-likeness (QED) is 0.0984. The molecular weight excluding hydrogens is 492 g/mol. The summed E-state index contributed by atoms with van der Waals surface area (Å²) in [5.41, 5.74) is 16.3. The highest BCUT2D eigenvalue weighted by Crippen LogP contribution is 2.25. The molecule has 0 spiro atoms. The number of nitrogens with zero attached hydrogens (tertiary/aromatic N) is 3. The maximum Gasteiger partial charge on any atom is 0.101 e. The number of unbranched alkanes of at least 4 members (excludes halogenated alkanes) is 1. The van der Waals surface area contributed by atoms with Crippen molar-refractivity contribution in [3.63, 3.8) is 0 Å². The summed E-state index contributed by atoms with van der Waals surface area (Å²) in [6, 6.07) is 10.7. The monoisotopic (exact) mass is 548 g/mol. The molecule has 2 atom stereocenters. The van der Waals surface area contributed by atoms with E-state index in [0.29, 0.717) is 18.4 Å². The van der Waals surface area contributed by atoms with E-state index in [1.54, 1.807) is 0 Å². The van der Waals surface area contributed by atoms with E-state index in [-0.39, 0.29) is 0 Å². The van der Waals surface area contributed by atoms with Crippen LogP contribution in [0.1, 0.15) is 65.4 Å². The molecule has 2 rings (SSSR count). The van der Waals surface area contributed by atoms with Gasteiger partial charge in [0.1, 0.15) is 5.84 Å². The molecule has 0 aliphatic carbocycles. The smallest absolute Gasteiger partial charge is 0.101 e. The SMILES string of the molecule is C/C=C/C=C\N=C(/C)N1CCN(/C(=C/CC)C(CCCCN)CN/C(=C/CC)C(CN)Cc2ccccc2)CC1. The first kappa shape index (κ1) is 33.4. The Morgan fingerprint density at radius 1 is 0.950 bits per heavy atom. The lowest BCUT2D eigenvalue weighted by Gasteiger charge is -2.41. The predicted molar refractivity (Wildman–Crippen MR) is 174 cm³/mol. The second kappa shape index (κ2) is 20.1. The predicted octanol–water partition coefficient (Wildman–Crippen LogP) is 5.85. The normalized spacial score (nSPS) is 17.2. The fraction of sp³-hybridized carbons (Fsp3) is 0.559. The van der Waals surface area contributed by atoms with Gasteiger partial charge in [-0.05, 0) is 64.1 Å². The van der Waals surface area contributed by atoms with E-state index in [1.165, 1.54) is 17.0 Å². The molecule has 1 aromatic rings. The van der Waals surface area contributed by atoms with Crippen LogP contribution in [0.5, 0.6) is 0 Å². The van der Waals surface area contributed by atoms with E-state index in [4.69, 9.17) is 11.5 Å². The zero-order valence-corrected chi connectivity index (χ0v) is 25.7. The van der Waals surface area contributed by atoms with E-state index in [9.17, 15) is 0 Å². The van der Waals surface area contributed by atoms with Gasteiger partial charge in [0.25, 0.3) is 0 Å². The minimum absolute atomic E-state index is 0.290. The minimum atomic E-state index is 0.290. The van der Waals surface area contributed by atoms with Gasteiger partial charge in [0.2, 0.25) is 0 Å². The number of allylic oxidation sites excluding steroid dienone is 5. The maximum atomic E-state index is 6.33. The molecule has 1 heterocycles. The lowest BCUT2D eigenvalue weighted by molar-refractivity contribution is 0.198. The molecule has 2 unspecified atom stereocenters. The largest absolute Gasteiger partial charge is 0.388 e. The number of piperazine rings is 1. The van der Waals surface area contributed by atoms with Gasteiger partial charge in [-0.15, -0.1) is 0 Å². The summed E-state index contributed by atoms with van der Waals surface area (Å²) in [5.74, 6) is 1.81. The fourth-order valence-corrected chi connectivity index (χ4v) is 5.40. The second-order valence-corrected chi connectivity index (χ2v) is 10.6. The Hall–Kier alpha value is -2.83. The van der Waals surface area contributed by atoms with Crippen molar-refractivity contribution in [2.45, 2.75) is 66.2 Å². The van der Waals surface area contributed by atoms with Crippen LogP contribution in [-0.2, 0) is 6.42 Å². The highest BCUT2D eigenvalue weighted by Gasteiger charge is 2.25. The van der Waals surface area contributed by atoms with Crippen LogP contribution >= 0.6 is 0 Å². The minimum Gasteiger partial charge on any atom is -0.388 e. The van der Waals surface area contributed by atoms with Crippen molar-refractivity contribution in [2.24, 2.45) is 28.3 Å². The van der Waals surface area contributed by atoms with Crippen LogP contribution in [0.2, 0.25) is 0 Å². The average Bonchev–Trinajstić information content (AvgIpc) is 2.99. The van der Waals surface area contributed by atoms with Crippen LogP contribution in [0.25, 0.3) is 0 Å². The van der Waals surface area contributed by atoms with Gasteiger partial charge in [0, 0.05) is 68.7 Å². The number of amidine groups is 1. The van der Waals surface area contributed by atoms with Crippen molar-refractivity contribution in [1.29, 1.82) is 0 Å². The molecule has 40 heavy (non-hydrogen) atoms. The third kappa shape index (κ3) is 11.7. The highest BCUT2D eigenvalue weighted by atomic mass is 15.3. The van der Waals surface area contributed by atoms with Gasteiger partial charge in [-0.3, -0.25) is 0 Å². The number of hydrogen-bond donors (Lipinski definition) is 3. The van der Waals surface area contributed by atoms with Crippen LogP contribution < -0.4 is 16.8 Å². The molecule has 6 nitrogen and oxygen atoms in total. The Balaban J connectivity index is 2.14. The number of nitrogens with two attached hydrogens (primary N) is 2. The summed E-state index contributed by atoms with van der Waals surface area (Å²) in [5, 5.41) is 3.90. The summed E-state index contributed by atoms with van der Waals surface area (Å²) < 4.78 is 0. The molecule has 222 valence electrons. The lowest BCUT2D eigenvalue weighted by Crippen LogP contribution is -2.49. The number of rotatable bonds is 17. The zero-order chi connectivity index (χ0) is 29.0. The van der Waals surface area contributed by atoms with E-state index in [1.807, 2.05) is 31.4 Å². The van der Waals surface area contributed by atoms with Crippen molar-refractivity contribution in [3.8, 4) is 0 Å². The summed E-state index contributed by atoms with van der Waals surface area (Å²) in [7, 11) is 0. The summed E-state index contributed by atoms with van der Waals surface area (Å²) in [4.78, 5) is 9.66. The third-order valence-electron chi connectivity index (χ3n) is 7.62. The number of aliphatic imine (C=N–C) groups is 1. The van der Waals surface area contributed by atoms with Crippen molar-refractivity contribution in [3.05, 3.63) is 83.9 Å². The molecule has 0 amide bonds. The van der Waals surface area contributed by atoms with Crippen molar-refractivity contribution >= 4 is 5.84 Å². The van der Waals surface area contributed by atoms with E-state index >= 15 is 0 Å². The van der Waals surface area contributed by atoms with Gasteiger partial charge in [-0.2, -0.15) is 0 Å². The molecule has 1 fully saturated rings. The zero-order valence-electron chi connectivity index (χ0n) is 25.7. The highest BCUT2D eigenvalue weighted by molar-refractivity contribution is 5.80. The summed E-state index contributed by atoms with van der Waals surface area (Å²) >= 11 is 0. The topological polar surface area (TPSA) is 82.9 Å². The van der Waals surface area contributed by atoms with Gasteiger partial charge in [-0.1, -0.05) is 74.9 Å². The number of nitrogens with one attached hydrogen (secondary N) is 1. The Morgan fingerprint density at radius 3 is 2.27 bits per heavy atom. The second-order valence-electron chi connectivity index (χ2n) is 10.6. The first-order valence-electron chi connectivity index (χ1n) is 15.5. The molecule has 0 bridgehead atoms. The van der Waals surface area contributed by atoms with Crippen LogP contribution in [0.4, 0.5) is 0 Å². The van der Waals surface area contributed by atoms with Crippen LogP contribution in [0, 0.1) is 11.8 Å². The standard InChI is InChI=1S/C34H56N6/c1-5-8-14-21-37-29(4)39-22-24-40(25-23-39)34(16-7-3)31(19-12-13-20-35)28-38-33(15-6-2)32(27-36)26-30-17-10-9-11-18-30/h5,8-11,14-18,21,31-32,38H,6-7,12-13,19-20,22-28,35-36H2,1-4H3/b8-5+,21-14-,33-15+,34-16+,37-29+. The summed E-state index contributed by atoms with van der Waals surface area (Å²) in [6.07, 6.45) is 19.0. The van der Waals surface area contributed by atoms with Crippen LogP contribution in [0.15, 0.2) is 83.3 Å². The maximum absolute atomic E-state index is 6.33. The van der Waals surface area contributed by atoms with Gasteiger partial charge >= 0.3 is 0 Å². The molecule has 1 aliphatic rings. The first-order chi connectivity index (χ1) is 19.6. The van der Waals surface area contributed by atoms with Gasteiger partial charge < -0.3 is 26.6 Å².